The Bertz CT molecular complexity index is 876. The molecule has 1 aliphatic rings. The maximum atomic E-state index is 12.5. The summed E-state index contributed by atoms with van der Waals surface area (Å²) < 4.78 is 15.8. The van der Waals surface area contributed by atoms with Gasteiger partial charge in [0.1, 0.15) is 4.91 Å². The van der Waals surface area contributed by atoms with E-state index in [4.69, 9.17) is 14.2 Å². The Hall–Kier alpha value is -2.60. The molecule has 0 saturated heterocycles. The summed E-state index contributed by atoms with van der Waals surface area (Å²) in [7, 11) is 4.60. The van der Waals surface area contributed by atoms with E-state index < -0.39 is 0 Å². The van der Waals surface area contributed by atoms with Crippen LogP contribution in [0.4, 0.5) is 0 Å². The third-order valence-electron chi connectivity index (χ3n) is 4.25. The van der Waals surface area contributed by atoms with Crippen LogP contribution < -0.4 is 14.8 Å². The van der Waals surface area contributed by atoms with Gasteiger partial charge in [-0.2, -0.15) is 0 Å². The molecule has 0 saturated carbocycles. The van der Waals surface area contributed by atoms with E-state index in [1.807, 2.05) is 43.3 Å². The normalized spacial score (nSPS) is 13.4. The van der Waals surface area contributed by atoms with E-state index >= 15 is 0 Å². The molecule has 6 heteroatoms. The van der Waals surface area contributed by atoms with Crippen LogP contribution in [0.25, 0.3) is 5.70 Å². The number of hydrogen-bond donors (Lipinski definition) is 1. The number of fused-ring (bicyclic) bond motifs is 1. The summed E-state index contributed by atoms with van der Waals surface area (Å²) >= 11 is 1.38. The highest BCUT2D eigenvalue weighted by molar-refractivity contribution is 8.04. The molecule has 5 nitrogen and oxygen atoms in total. The Morgan fingerprint density at radius 2 is 1.77 bits per heavy atom. The molecule has 3 rings (SSSR count). The number of benzene rings is 2. The summed E-state index contributed by atoms with van der Waals surface area (Å²) in [4.78, 5) is 14.0. The Balaban J connectivity index is 2.14. The minimum absolute atomic E-state index is 0.372. The Kier molecular flexibility index (Phi) is 5.42. The monoisotopic (exact) mass is 371 g/mol. The van der Waals surface area contributed by atoms with Gasteiger partial charge in [-0.05, 0) is 30.2 Å². The zero-order valence-electron chi connectivity index (χ0n) is 15.2. The third kappa shape index (κ3) is 3.37. The van der Waals surface area contributed by atoms with Crippen LogP contribution in [0.1, 0.15) is 16.7 Å². The van der Waals surface area contributed by atoms with Crippen molar-refractivity contribution >= 4 is 23.4 Å². The molecule has 0 radical (unpaired) electrons. The number of rotatable bonds is 4. The van der Waals surface area contributed by atoms with E-state index in [2.05, 4.69) is 5.32 Å². The summed E-state index contributed by atoms with van der Waals surface area (Å²) in [6.45, 7) is 2.58. The van der Waals surface area contributed by atoms with Crippen molar-refractivity contribution < 1.29 is 19.0 Å². The summed E-state index contributed by atoms with van der Waals surface area (Å²) in [5, 5.41) is 3.41. The molecule has 1 aliphatic heterocycles. The van der Waals surface area contributed by atoms with Gasteiger partial charge in [-0.3, -0.25) is 0 Å². The van der Waals surface area contributed by atoms with Gasteiger partial charge in [0.05, 0.1) is 27.0 Å². The van der Waals surface area contributed by atoms with E-state index in [0.29, 0.717) is 22.9 Å². The van der Waals surface area contributed by atoms with Crippen molar-refractivity contribution in [2.24, 2.45) is 0 Å². The number of nitrogens with one attached hydrogen (secondary N) is 1. The first-order valence-corrected chi connectivity index (χ1v) is 8.96. The lowest BCUT2D eigenvalue weighted by atomic mass is 10.0. The number of thioether (sulfide) groups is 1. The topological polar surface area (TPSA) is 56.8 Å². The quantitative estimate of drug-likeness (QED) is 0.826. The van der Waals surface area contributed by atoms with Gasteiger partial charge in [0.25, 0.3) is 0 Å². The molecule has 0 atom stereocenters. The van der Waals surface area contributed by atoms with E-state index in [-0.39, 0.29) is 5.97 Å². The highest BCUT2D eigenvalue weighted by Gasteiger charge is 2.25. The second-order valence-corrected chi connectivity index (χ2v) is 6.83. The molecule has 0 aromatic heterocycles. The SMILES string of the molecule is COC(=O)C1=C(c2ccccc2C)NCc2cc(OC)c(OC)cc2S1. The smallest absolute Gasteiger partial charge is 0.346 e. The fraction of sp³-hybridized carbons (Fsp3) is 0.250. The van der Waals surface area contributed by atoms with Gasteiger partial charge in [-0.1, -0.05) is 36.0 Å². The molecular weight excluding hydrogens is 350 g/mol. The molecule has 0 fully saturated rings. The highest BCUT2D eigenvalue weighted by Crippen LogP contribution is 2.42. The Labute approximate surface area is 157 Å². The molecule has 26 heavy (non-hydrogen) atoms. The number of aryl methyl sites for hydroxylation is 1. The van der Waals surface area contributed by atoms with E-state index in [0.717, 1.165) is 27.3 Å². The summed E-state index contributed by atoms with van der Waals surface area (Å²) in [6, 6.07) is 11.8. The largest absolute Gasteiger partial charge is 0.493 e. The summed E-state index contributed by atoms with van der Waals surface area (Å²) in [5.74, 6) is 0.915. The zero-order chi connectivity index (χ0) is 18.7. The molecule has 1 N–H and O–H groups in total. The fourth-order valence-electron chi connectivity index (χ4n) is 2.87. The molecule has 1 heterocycles. The van der Waals surface area contributed by atoms with Crippen molar-refractivity contribution in [3.8, 4) is 11.5 Å². The summed E-state index contributed by atoms with van der Waals surface area (Å²) in [5.41, 5.74) is 3.86. The molecule has 136 valence electrons. The van der Waals surface area contributed by atoms with Crippen molar-refractivity contribution in [2.75, 3.05) is 21.3 Å². The molecule has 0 aliphatic carbocycles. The molecular formula is C20H21NO4S. The van der Waals surface area contributed by atoms with Crippen LogP contribution in [0.5, 0.6) is 11.5 Å². The van der Waals surface area contributed by atoms with Crippen LogP contribution in [-0.4, -0.2) is 27.3 Å². The van der Waals surface area contributed by atoms with Crippen LogP contribution in [0.3, 0.4) is 0 Å². The minimum atomic E-state index is -0.372. The molecule has 2 aromatic rings. The average molecular weight is 371 g/mol. The lowest BCUT2D eigenvalue weighted by molar-refractivity contribution is -0.135. The van der Waals surface area contributed by atoms with Crippen molar-refractivity contribution in [3.05, 3.63) is 58.0 Å². The Morgan fingerprint density at radius 1 is 1.08 bits per heavy atom. The number of carbonyl (C=O) groups is 1. The highest BCUT2D eigenvalue weighted by atomic mass is 32.2. The van der Waals surface area contributed by atoms with Crippen LogP contribution >= 0.6 is 11.8 Å². The predicted octanol–water partition coefficient (Wildman–Crippen LogP) is 3.75. The molecule has 0 bridgehead atoms. The number of esters is 1. The maximum Gasteiger partial charge on any atom is 0.346 e. The maximum absolute atomic E-state index is 12.5. The number of ether oxygens (including phenoxy) is 3. The minimum Gasteiger partial charge on any atom is -0.493 e. The van der Waals surface area contributed by atoms with Gasteiger partial charge in [-0.15, -0.1) is 0 Å². The molecule has 0 spiro atoms. The van der Waals surface area contributed by atoms with Gasteiger partial charge < -0.3 is 19.5 Å². The number of hydrogen-bond acceptors (Lipinski definition) is 6. The van der Waals surface area contributed by atoms with Gasteiger partial charge >= 0.3 is 5.97 Å². The number of carbonyl (C=O) groups excluding carboxylic acids is 1. The van der Waals surface area contributed by atoms with E-state index in [9.17, 15) is 4.79 Å². The predicted molar refractivity (Wildman–Crippen MR) is 102 cm³/mol. The standard InChI is InChI=1S/C20H21NO4S/c1-12-7-5-6-8-14(12)18-19(20(22)25-4)26-17-10-16(24-3)15(23-2)9-13(17)11-21-18/h5-10,21H,11H2,1-4H3. The van der Waals surface area contributed by atoms with E-state index in [1.165, 1.54) is 18.9 Å². The first kappa shape index (κ1) is 18.2. The fourth-order valence-corrected chi connectivity index (χ4v) is 3.97. The van der Waals surface area contributed by atoms with Crippen molar-refractivity contribution in [1.29, 1.82) is 0 Å². The van der Waals surface area contributed by atoms with Gasteiger partial charge in [-0.25, -0.2) is 4.79 Å². The Morgan fingerprint density at radius 3 is 2.42 bits per heavy atom. The van der Waals surface area contributed by atoms with Crippen molar-refractivity contribution in [3.63, 3.8) is 0 Å². The van der Waals surface area contributed by atoms with Crippen molar-refractivity contribution in [1.82, 2.24) is 5.32 Å². The first-order valence-electron chi connectivity index (χ1n) is 8.14. The lowest BCUT2D eigenvalue weighted by Gasteiger charge is -2.14. The second-order valence-electron chi connectivity index (χ2n) is 5.78. The number of methoxy groups -OCH3 is 3. The van der Waals surface area contributed by atoms with Crippen molar-refractivity contribution in [2.45, 2.75) is 18.4 Å². The van der Waals surface area contributed by atoms with E-state index in [1.54, 1.807) is 14.2 Å². The van der Waals surface area contributed by atoms with Crippen LogP contribution in [0.2, 0.25) is 0 Å². The van der Waals surface area contributed by atoms with Crippen LogP contribution in [-0.2, 0) is 16.1 Å². The van der Waals surface area contributed by atoms with Gasteiger partial charge in [0, 0.05) is 17.0 Å². The lowest BCUT2D eigenvalue weighted by Crippen LogP contribution is -2.16. The van der Waals surface area contributed by atoms with Crippen LogP contribution in [0.15, 0.2) is 46.2 Å². The first-order chi connectivity index (χ1) is 12.6. The van der Waals surface area contributed by atoms with Crippen LogP contribution in [0, 0.1) is 6.92 Å². The molecule has 0 unspecified atom stereocenters. The molecule has 0 amide bonds. The summed E-state index contributed by atoms with van der Waals surface area (Å²) in [6.07, 6.45) is 0. The zero-order valence-corrected chi connectivity index (χ0v) is 16.0. The average Bonchev–Trinajstić information content (AvgIpc) is 2.85. The van der Waals surface area contributed by atoms with Gasteiger partial charge in [0.15, 0.2) is 11.5 Å². The molecule has 2 aromatic carbocycles. The van der Waals surface area contributed by atoms with Gasteiger partial charge in [0.2, 0.25) is 0 Å². The second kappa shape index (κ2) is 7.74. The third-order valence-corrected chi connectivity index (χ3v) is 5.42.